The third-order valence-electron chi connectivity index (χ3n) is 8.03. The van der Waals surface area contributed by atoms with Gasteiger partial charge in [-0.05, 0) is 60.8 Å². The Morgan fingerprint density at radius 1 is 1.07 bits per heavy atom. The predicted octanol–water partition coefficient (Wildman–Crippen LogP) is 1.16. The first-order valence-corrected chi connectivity index (χ1v) is 12.6. The number of aliphatic hydroxyl groups excluding tert-OH is 1. The van der Waals surface area contributed by atoms with Crippen molar-refractivity contribution in [3.8, 4) is 0 Å². The number of hydrogen-bond donors (Lipinski definition) is 3. The molecule has 0 aromatic heterocycles. The highest BCUT2D eigenvalue weighted by molar-refractivity contribution is 6.67. The highest BCUT2D eigenvalue weighted by atomic mass is 28.4. The molecule has 4 bridgehead atoms. The summed E-state index contributed by atoms with van der Waals surface area (Å²) in [4.78, 5) is 25.0. The van der Waals surface area contributed by atoms with E-state index in [1.54, 1.807) is 0 Å². The van der Waals surface area contributed by atoms with Gasteiger partial charge in [-0.2, -0.15) is 0 Å². The molecule has 3 fully saturated rings. The maximum atomic E-state index is 13.0. The Balaban J connectivity index is 1.39. The number of hydrogen-bond acceptors (Lipinski definition) is 5. The molecular weight excluding hydrogens is 378 g/mol. The Bertz CT molecular complexity index is 657. The zero-order chi connectivity index (χ0) is 20.1. The highest BCUT2D eigenvalue weighted by Crippen LogP contribution is 2.68. The molecule has 0 aromatic carbocycles. The van der Waals surface area contributed by atoms with Crippen LogP contribution in [0.15, 0.2) is 12.2 Å². The van der Waals surface area contributed by atoms with E-state index in [4.69, 9.17) is 8.85 Å². The van der Waals surface area contributed by atoms with Gasteiger partial charge >= 0.3 is 14.5 Å². The standard InChI is InChI=1S/C20H31NO6Si/c1-26-28(10-22,27-2)7-3-6-21-19(23)17-13-9-14(18(17)20(24)25)16-12-5-4-11(8-12)15(13)16/h4-5,11-18,22H,3,6-10H2,1-2H3,(H,21,23)(H,24,25). The Kier molecular flexibility index (Phi) is 5.41. The summed E-state index contributed by atoms with van der Waals surface area (Å²) in [5.74, 6) is 0.445. The molecule has 0 aromatic rings. The number of allylic oxidation sites excluding steroid dienone is 2. The largest absolute Gasteiger partial charge is 0.481 e. The molecule has 0 aliphatic heterocycles. The lowest BCUT2D eigenvalue weighted by Crippen LogP contribution is -2.48. The van der Waals surface area contributed by atoms with Gasteiger partial charge in [0.15, 0.2) is 0 Å². The summed E-state index contributed by atoms with van der Waals surface area (Å²) in [7, 11) is 0.488. The van der Waals surface area contributed by atoms with Crippen molar-refractivity contribution in [3.05, 3.63) is 12.2 Å². The molecule has 3 saturated carbocycles. The number of carboxylic acid groups (broad SMARTS) is 1. The summed E-state index contributed by atoms with van der Waals surface area (Å²) in [5.41, 5.74) is 0. The molecule has 4 rings (SSSR count). The van der Waals surface area contributed by atoms with E-state index in [2.05, 4.69) is 17.5 Å². The summed E-state index contributed by atoms with van der Waals surface area (Å²) in [6.07, 6.45) is 7.12. The molecule has 8 atom stereocenters. The Morgan fingerprint density at radius 2 is 1.68 bits per heavy atom. The lowest BCUT2D eigenvalue weighted by atomic mass is 9.64. The van der Waals surface area contributed by atoms with Crippen LogP contribution in [0.1, 0.15) is 19.3 Å². The van der Waals surface area contributed by atoms with E-state index >= 15 is 0 Å². The number of amides is 1. The van der Waals surface area contributed by atoms with Gasteiger partial charge < -0.3 is 24.4 Å². The fraction of sp³-hybridized carbons (Fsp3) is 0.800. The van der Waals surface area contributed by atoms with E-state index in [-0.39, 0.29) is 24.0 Å². The number of carbonyl (C=O) groups is 2. The third-order valence-corrected chi connectivity index (χ3v) is 11.1. The molecule has 0 spiro atoms. The molecule has 4 aliphatic carbocycles. The van der Waals surface area contributed by atoms with E-state index < -0.39 is 26.4 Å². The SMILES string of the molecule is CO[Si](CO)(CCCNC(=O)C1C2CC(C1C(=O)O)C1C3C=CC(C3)C21)OC. The van der Waals surface area contributed by atoms with Gasteiger partial charge in [-0.15, -0.1) is 0 Å². The maximum Gasteiger partial charge on any atom is 0.364 e. The Labute approximate surface area is 166 Å². The first-order chi connectivity index (χ1) is 13.5. The van der Waals surface area contributed by atoms with Gasteiger partial charge in [0, 0.05) is 20.8 Å². The van der Waals surface area contributed by atoms with Crippen molar-refractivity contribution < 1.29 is 28.7 Å². The molecule has 156 valence electrons. The predicted molar refractivity (Wildman–Crippen MR) is 103 cm³/mol. The van der Waals surface area contributed by atoms with Gasteiger partial charge in [0.2, 0.25) is 5.91 Å². The summed E-state index contributed by atoms with van der Waals surface area (Å²) < 4.78 is 10.8. The number of rotatable bonds is 9. The fourth-order valence-electron chi connectivity index (χ4n) is 6.91. The second-order valence-electron chi connectivity index (χ2n) is 8.93. The lowest BCUT2D eigenvalue weighted by Gasteiger charge is -2.39. The number of fused-ring (bicyclic) bond motifs is 9. The molecule has 0 saturated heterocycles. The van der Waals surface area contributed by atoms with E-state index in [9.17, 15) is 19.8 Å². The average molecular weight is 410 g/mol. The fourth-order valence-corrected chi connectivity index (χ4v) is 8.62. The van der Waals surface area contributed by atoms with Crippen molar-refractivity contribution in [2.24, 2.45) is 47.3 Å². The van der Waals surface area contributed by atoms with Crippen molar-refractivity contribution >= 4 is 20.4 Å². The first-order valence-electron chi connectivity index (χ1n) is 10.4. The summed E-state index contributed by atoms with van der Waals surface area (Å²) in [6.45, 7) is 0.445. The zero-order valence-corrected chi connectivity index (χ0v) is 17.5. The smallest absolute Gasteiger partial charge is 0.364 e. The van der Waals surface area contributed by atoms with Gasteiger partial charge in [0.1, 0.15) is 0 Å². The van der Waals surface area contributed by atoms with Crippen LogP contribution < -0.4 is 5.32 Å². The van der Waals surface area contributed by atoms with Crippen LogP contribution in [0.2, 0.25) is 6.04 Å². The molecule has 0 heterocycles. The molecule has 3 N–H and O–H groups in total. The van der Waals surface area contributed by atoms with Crippen LogP contribution in [0.4, 0.5) is 0 Å². The van der Waals surface area contributed by atoms with E-state index in [1.165, 1.54) is 14.2 Å². The lowest BCUT2D eigenvalue weighted by molar-refractivity contribution is -0.152. The number of aliphatic carboxylic acids is 1. The Hall–Kier alpha value is -1.22. The van der Waals surface area contributed by atoms with Gasteiger partial charge in [0.25, 0.3) is 0 Å². The van der Waals surface area contributed by atoms with Crippen LogP contribution in [0.5, 0.6) is 0 Å². The topological polar surface area (TPSA) is 105 Å². The monoisotopic (exact) mass is 409 g/mol. The van der Waals surface area contributed by atoms with Crippen LogP contribution in [-0.4, -0.2) is 57.6 Å². The van der Waals surface area contributed by atoms with Gasteiger partial charge in [-0.1, -0.05) is 12.2 Å². The molecule has 8 heteroatoms. The van der Waals surface area contributed by atoms with Crippen LogP contribution in [-0.2, 0) is 18.4 Å². The van der Waals surface area contributed by atoms with Crippen molar-refractivity contribution in [2.45, 2.75) is 25.3 Å². The van der Waals surface area contributed by atoms with Crippen molar-refractivity contribution in [1.29, 1.82) is 0 Å². The molecule has 1 amide bonds. The van der Waals surface area contributed by atoms with E-state index in [0.717, 1.165) is 12.8 Å². The minimum Gasteiger partial charge on any atom is -0.481 e. The second kappa shape index (κ2) is 7.55. The number of nitrogens with one attached hydrogen (secondary N) is 1. The number of aliphatic hydroxyl groups is 1. The van der Waals surface area contributed by atoms with Gasteiger partial charge in [0.05, 0.1) is 18.1 Å². The molecule has 28 heavy (non-hydrogen) atoms. The molecule has 4 aliphatic rings. The van der Waals surface area contributed by atoms with Crippen LogP contribution in [0.25, 0.3) is 0 Å². The quantitative estimate of drug-likeness (QED) is 0.228. The molecule has 0 radical (unpaired) electrons. The summed E-state index contributed by atoms with van der Waals surface area (Å²) in [5, 5.41) is 22.4. The van der Waals surface area contributed by atoms with Gasteiger partial charge in [-0.25, -0.2) is 0 Å². The summed E-state index contributed by atoms with van der Waals surface area (Å²) in [6, 6.07) is 0.578. The van der Waals surface area contributed by atoms with E-state index in [0.29, 0.717) is 42.7 Å². The second-order valence-corrected chi connectivity index (χ2v) is 12.4. The molecule has 7 nitrogen and oxygen atoms in total. The van der Waals surface area contributed by atoms with E-state index in [1.807, 2.05) is 0 Å². The highest BCUT2D eigenvalue weighted by Gasteiger charge is 2.67. The van der Waals surface area contributed by atoms with Crippen molar-refractivity contribution in [1.82, 2.24) is 5.32 Å². The number of carbonyl (C=O) groups excluding carboxylic acids is 1. The molecule has 8 unspecified atom stereocenters. The minimum atomic E-state index is -2.59. The minimum absolute atomic E-state index is 0.115. The third kappa shape index (κ3) is 2.96. The first kappa shape index (κ1) is 20.1. The van der Waals surface area contributed by atoms with Crippen molar-refractivity contribution in [3.63, 3.8) is 0 Å². The number of carboxylic acids is 1. The zero-order valence-electron chi connectivity index (χ0n) is 16.5. The van der Waals surface area contributed by atoms with Crippen LogP contribution in [0.3, 0.4) is 0 Å². The summed E-state index contributed by atoms with van der Waals surface area (Å²) >= 11 is 0. The van der Waals surface area contributed by atoms with Crippen LogP contribution >= 0.6 is 0 Å². The average Bonchev–Trinajstić information content (AvgIpc) is 3.46. The molecular formula is C20H31NO6Si. The van der Waals surface area contributed by atoms with Crippen LogP contribution in [0, 0.1) is 47.3 Å². The van der Waals surface area contributed by atoms with Gasteiger partial charge in [-0.3, -0.25) is 9.59 Å². The normalized spacial score (nSPS) is 40.1. The Morgan fingerprint density at radius 3 is 2.21 bits per heavy atom. The maximum absolute atomic E-state index is 13.0. The van der Waals surface area contributed by atoms with Crippen molar-refractivity contribution in [2.75, 3.05) is 27.0 Å².